The molecule has 0 heterocycles. The summed E-state index contributed by atoms with van der Waals surface area (Å²) in [6.07, 6.45) is 0.686. The third-order valence-electron chi connectivity index (χ3n) is 3.08. The van der Waals surface area contributed by atoms with Gasteiger partial charge in [0.05, 0.1) is 0 Å². The van der Waals surface area contributed by atoms with Gasteiger partial charge in [0, 0.05) is 20.6 Å². The Labute approximate surface area is 131 Å². The second-order valence-corrected chi connectivity index (χ2v) is 6.25. The minimum absolute atomic E-state index is 0.0874. The Bertz CT molecular complexity index is 599. The van der Waals surface area contributed by atoms with Crippen LogP contribution in [0.25, 0.3) is 0 Å². The summed E-state index contributed by atoms with van der Waals surface area (Å²) in [5.74, 6) is 0. The molecule has 0 saturated carbocycles. The highest BCUT2D eigenvalue weighted by atomic mass is 79.9. The van der Waals surface area contributed by atoms with Gasteiger partial charge in [-0.3, -0.25) is 0 Å². The SMILES string of the molecule is Cc1ccc(C(N)Cc2ccc(Cl)cc2Cl)cc1Br. The Hall–Kier alpha value is -0.540. The molecule has 0 spiro atoms. The van der Waals surface area contributed by atoms with Gasteiger partial charge < -0.3 is 5.73 Å². The molecule has 2 N–H and O–H groups in total. The summed E-state index contributed by atoms with van der Waals surface area (Å²) in [6, 6.07) is 11.6. The molecule has 2 aromatic rings. The predicted molar refractivity (Wildman–Crippen MR) is 86.0 cm³/mol. The maximum Gasteiger partial charge on any atom is 0.0453 e. The molecule has 0 bridgehead atoms. The molecule has 0 aliphatic carbocycles. The van der Waals surface area contributed by atoms with Crippen molar-refractivity contribution in [3.63, 3.8) is 0 Å². The first-order valence-electron chi connectivity index (χ1n) is 5.93. The zero-order valence-corrected chi connectivity index (χ0v) is 13.6. The Morgan fingerprint density at radius 3 is 2.53 bits per heavy atom. The van der Waals surface area contributed by atoms with Crippen LogP contribution in [0.1, 0.15) is 22.7 Å². The van der Waals surface area contributed by atoms with E-state index in [0.717, 1.165) is 15.6 Å². The summed E-state index contributed by atoms with van der Waals surface area (Å²) in [4.78, 5) is 0. The van der Waals surface area contributed by atoms with Gasteiger partial charge in [-0.25, -0.2) is 0 Å². The molecule has 19 heavy (non-hydrogen) atoms. The van der Waals surface area contributed by atoms with Gasteiger partial charge in [0.15, 0.2) is 0 Å². The van der Waals surface area contributed by atoms with Crippen LogP contribution < -0.4 is 5.73 Å². The Balaban J connectivity index is 2.20. The summed E-state index contributed by atoms with van der Waals surface area (Å²) in [6.45, 7) is 2.05. The van der Waals surface area contributed by atoms with E-state index in [4.69, 9.17) is 28.9 Å². The maximum absolute atomic E-state index is 6.24. The highest BCUT2D eigenvalue weighted by Gasteiger charge is 2.11. The zero-order chi connectivity index (χ0) is 14.0. The average molecular weight is 359 g/mol. The van der Waals surface area contributed by atoms with Crippen LogP contribution in [0.15, 0.2) is 40.9 Å². The fourth-order valence-electron chi connectivity index (χ4n) is 1.88. The third kappa shape index (κ3) is 3.73. The molecule has 1 unspecified atom stereocenters. The van der Waals surface area contributed by atoms with Crippen LogP contribution in [-0.4, -0.2) is 0 Å². The molecular formula is C15H14BrCl2N. The van der Waals surface area contributed by atoms with Gasteiger partial charge in [-0.15, -0.1) is 0 Å². The van der Waals surface area contributed by atoms with E-state index in [-0.39, 0.29) is 6.04 Å². The van der Waals surface area contributed by atoms with Gasteiger partial charge in [-0.2, -0.15) is 0 Å². The van der Waals surface area contributed by atoms with E-state index < -0.39 is 0 Å². The monoisotopic (exact) mass is 357 g/mol. The summed E-state index contributed by atoms with van der Waals surface area (Å²) in [5, 5.41) is 1.30. The molecule has 0 aliphatic heterocycles. The second kappa shape index (κ2) is 6.27. The maximum atomic E-state index is 6.24. The van der Waals surface area contributed by atoms with Crippen LogP contribution in [-0.2, 0) is 6.42 Å². The molecule has 0 aromatic heterocycles. The number of halogens is 3. The highest BCUT2D eigenvalue weighted by Crippen LogP contribution is 2.27. The zero-order valence-electron chi connectivity index (χ0n) is 10.5. The van der Waals surface area contributed by atoms with Gasteiger partial charge in [0.1, 0.15) is 0 Å². The van der Waals surface area contributed by atoms with Gasteiger partial charge in [0.2, 0.25) is 0 Å². The van der Waals surface area contributed by atoms with E-state index in [1.54, 1.807) is 6.07 Å². The average Bonchev–Trinajstić information content (AvgIpc) is 2.36. The van der Waals surface area contributed by atoms with Crippen molar-refractivity contribution in [1.29, 1.82) is 0 Å². The van der Waals surface area contributed by atoms with Crippen molar-refractivity contribution in [3.05, 3.63) is 67.6 Å². The molecule has 0 fully saturated rings. The number of hydrogen-bond acceptors (Lipinski definition) is 1. The largest absolute Gasteiger partial charge is 0.324 e. The van der Waals surface area contributed by atoms with Gasteiger partial charge in [0.25, 0.3) is 0 Å². The van der Waals surface area contributed by atoms with Crippen molar-refractivity contribution in [3.8, 4) is 0 Å². The first kappa shape index (κ1) is 14.9. The van der Waals surface area contributed by atoms with Crippen molar-refractivity contribution in [2.75, 3.05) is 0 Å². The summed E-state index contributed by atoms with van der Waals surface area (Å²) >= 11 is 15.6. The minimum Gasteiger partial charge on any atom is -0.324 e. The number of hydrogen-bond donors (Lipinski definition) is 1. The Morgan fingerprint density at radius 1 is 1.16 bits per heavy atom. The standard InChI is InChI=1S/C15H14BrCl2N/c1-9-2-3-11(6-13(9)16)15(19)7-10-4-5-12(17)8-14(10)18/h2-6,8,15H,7,19H2,1H3. The van der Waals surface area contributed by atoms with E-state index in [2.05, 4.69) is 41.1 Å². The summed E-state index contributed by atoms with van der Waals surface area (Å²) < 4.78 is 1.07. The first-order chi connectivity index (χ1) is 8.97. The van der Waals surface area contributed by atoms with Crippen LogP contribution in [0.5, 0.6) is 0 Å². The van der Waals surface area contributed by atoms with Crippen LogP contribution in [0, 0.1) is 6.92 Å². The van der Waals surface area contributed by atoms with E-state index >= 15 is 0 Å². The van der Waals surface area contributed by atoms with Gasteiger partial charge in [-0.05, 0) is 48.2 Å². The molecule has 2 aromatic carbocycles. The number of benzene rings is 2. The number of rotatable bonds is 3. The van der Waals surface area contributed by atoms with E-state index in [1.807, 2.05) is 12.1 Å². The lowest BCUT2D eigenvalue weighted by Gasteiger charge is -2.14. The predicted octanol–water partition coefficient (Wildman–Crippen LogP) is 5.31. The van der Waals surface area contributed by atoms with E-state index in [0.29, 0.717) is 16.5 Å². The fraction of sp³-hybridized carbons (Fsp3) is 0.200. The van der Waals surface area contributed by atoms with Crippen LogP contribution >= 0.6 is 39.1 Å². The van der Waals surface area contributed by atoms with Crippen molar-refractivity contribution in [2.24, 2.45) is 5.73 Å². The summed E-state index contributed by atoms with van der Waals surface area (Å²) in [7, 11) is 0. The minimum atomic E-state index is -0.0874. The Kier molecular flexibility index (Phi) is 4.91. The molecule has 1 atom stereocenters. The van der Waals surface area contributed by atoms with Crippen LogP contribution in [0.4, 0.5) is 0 Å². The normalized spacial score (nSPS) is 12.5. The molecule has 4 heteroatoms. The fourth-order valence-corrected chi connectivity index (χ4v) is 2.76. The lowest BCUT2D eigenvalue weighted by atomic mass is 9.99. The highest BCUT2D eigenvalue weighted by molar-refractivity contribution is 9.10. The number of aryl methyl sites for hydroxylation is 1. The van der Waals surface area contributed by atoms with Crippen molar-refractivity contribution in [2.45, 2.75) is 19.4 Å². The lowest BCUT2D eigenvalue weighted by Crippen LogP contribution is -2.13. The molecular weight excluding hydrogens is 345 g/mol. The lowest BCUT2D eigenvalue weighted by molar-refractivity contribution is 0.721. The molecule has 1 nitrogen and oxygen atoms in total. The Morgan fingerprint density at radius 2 is 1.89 bits per heavy atom. The first-order valence-corrected chi connectivity index (χ1v) is 7.48. The molecule has 0 amide bonds. The van der Waals surface area contributed by atoms with E-state index in [9.17, 15) is 0 Å². The quantitative estimate of drug-likeness (QED) is 0.790. The molecule has 2 rings (SSSR count). The van der Waals surface area contributed by atoms with Crippen LogP contribution in [0.3, 0.4) is 0 Å². The topological polar surface area (TPSA) is 26.0 Å². The smallest absolute Gasteiger partial charge is 0.0453 e. The number of nitrogens with two attached hydrogens (primary N) is 1. The molecule has 100 valence electrons. The molecule has 0 aliphatic rings. The van der Waals surface area contributed by atoms with Crippen LogP contribution in [0.2, 0.25) is 10.0 Å². The molecule has 0 saturated heterocycles. The van der Waals surface area contributed by atoms with Gasteiger partial charge >= 0.3 is 0 Å². The van der Waals surface area contributed by atoms with Gasteiger partial charge in [-0.1, -0.05) is 57.3 Å². The van der Waals surface area contributed by atoms with Crippen molar-refractivity contribution in [1.82, 2.24) is 0 Å². The van der Waals surface area contributed by atoms with Crippen molar-refractivity contribution < 1.29 is 0 Å². The third-order valence-corrected chi connectivity index (χ3v) is 4.52. The van der Waals surface area contributed by atoms with E-state index in [1.165, 1.54) is 5.56 Å². The molecule has 0 radical (unpaired) electrons. The second-order valence-electron chi connectivity index (χ2n) is 4.55. The van der Waals surface area contributed by atoms with Crippen molar-refractivity contribution >= 4 is 39.1 Å². The summed E-state index contributed by atoms with van der Waals surface area (Å²) in [5.41, 5.74) is 9.53.